The van der Waals surface area contributed by atoms with Gasteiger partial charge in [0.25, 0.3) is 11.8 Å². The number of amides is 2. The molecule has 0 bridgehead atoms. The molecule has 30 heavy (non-hydrogen) atoms. The van der Waals surface area contributed by atoms with E-state index in [-0.39, 0.29) is 18.3 Å². The van der Waals surface area contributed by atoms with Crippen molar-refractivity contribution >= 4 is 46.2 Å². The third-order valence-electron chi connectivity index (χ3n) is 4.34. The quantitative estimate of drug-likeness (QED) is 0.566. The molecule has 0 saturated carbocycles. The van der Waals surface area contributed by atoms with Crippen LogP contribution < -0.4 is 5.32 Å². The lowest BCUT2D eigenvalue weighted by atomic mass is 10.1. The van der Waals surface area contributed by atoms with Crippen molar-refractivity contribution in [3.8, 4) is 0 Å². The summed E-state index contributed by atoms with van der Waals surface area (Å²) in [6, 6.07) is 10.6. The predicted molar refractivity (Wildman–Crippen MR) is 111 cm³/mol. The Bertz CT molecular complexity index is 1040. The number of hydrogen-bond acceptors (Lipinski definition) is 8. The molecule has 0 radical (unpaired) electrons. The van der Waals surface area contributed by atoms with E-state index in [1.54, 1.807) is 28.7 Å². The fourth-order valence-corrected chi connectivity index (χ4v) is 4.47. The van der Waals surface area contributed by atoms with Crippen molar-refractivity contribution < 1.29 is 23.5 Å². The molecule has 1 atom stereocenters. The average molecular weight is 444 g/mol. The Balaban J connectivity index is 1.35. The van der Waals surface area contributed by atoms with Gasteiger partial charge in [0.2, 0.25) is 0 Å². The van der Waals surface area contributed by atoms with Crippen LogP contribution >= 0.6 is 22.7 Å². The van der Waals surface area contributed by atoms with Gasteiger partial charge in [-0.2, -0.15) is 5.10 Å². The molecule has 2 amide bonds. The molecule has 1 unspecified atom stereocenters. The van der Waals surface area contributed by atoms with Crippen LogP contribution in [0.5, 0.6) is 0 Å². The van der Waals surface area contributed by atoms with Crippen molar-refractivity contribution in [2.75, 3.05) is 13.2 Å². The topological polar surface area (TPSA) is 101 Å². The van der Waals surface area contributed by atoms with Crippen LogP contribution in [0.1, 0.15) is 32.8 Å². The van der Waals surface area contributed by atoms with Crippen LogP contribution in [0.15, 0.2) is 62.9 Å². The van der Waals surface area contributed by atoms with Crippen LogP contribution in [0, 0.1) is 0 Å². The second kappa shape index (κ2) is 9.06. The first kappa shape index (κ1) is 20.0. The molecule has 0 aromatic carbocycles. The smallest absolute Gasteiger partial charge is 0.325 e. The van der Waals surface area contributed by atoms with Gasteiger partial charge in [0.05, 0.1) is 22.9 Å². The largest absolute Gasteiger partial charge is 0.459 e. The molecule has 1 N–H and O–H groups in total. The molecule has 0 aliphatic carbocycles. The van der Waals surface area contributed by atoms with E-state index in [0.717, 1.165) is 15.5 Å². The first-order valence-corrected chi connectivity index (χ1v) is 10.8. The Labute approximate surface area is 179 Å². The van der Waals surface area contributed by atoms with Crippen molar-refractivity contribution in [2.24, 2.45) is 5.10 Å². The highest BCUT2D eigenvalue weighted by atomic mass is 32.1. The number of hydrazone groups is 1. The molecule has 0 saturated heterocycles. The molecule has 1 aliphatic rings. The Morgan fingerprint density at radius 3 is 2.70 bits per heavy atom. The second-order valence-electron chi connectivity index (χ2n) is 6.32. The number of carbonyl (C=O) groups excluding carboxylic acids is 3. The summed E-state index contributed by atoms with van der Waals surface area (Å²) in [5.41, 5.74) is 0.828. The number of furan rings is 1. The van der Waals surface area contributed by atoms with E-state index in [1.807, 2.05) is 35.0 Å². The SMILES string of the molecule is O=C(CNC(=O)c1ccco1)OCC(=O)N1N=C(c2cccs2)CC1c1cccs1. The summed E-state index contributed by atoms with van der Waals surface area (Å²) >= 11 is 3.11. The van der Waals surface area contributed by atoms with Gasteiger partial charge < -0.3 is 14.5 Å². The number of ether oxygens (including phenoxy) is 1. The first-order chi connectivity index (χ1) is 14.6. The fraction of sp³-hybridized carbons (Fsp3) is 0.200. The van der Waals surface area contributed by atoms with Crippen LogP contribution in [-0.4, -0.2) is 41.7 Å². The predicted octanol–water partition coefficient (Wildman–Crippen LogP) is 3.05. The van der Waals surface area contributed by atoms with E-state index in [2.05, 4.69) is 10.4 Å². The van der Waals surface area contributed by atoms with Gasteiger partial charge in [-0.15, -0.1) is 22.7 Å². The second-order valence-corrected chi connectivity index (χ2v) is 8.25. The maximum Gasteiger partial charge on any atom is 0.325 e. The summed E-state index contributed by atoms with van der Waals surface area (Å²) in [4.78, 5) is 38.5. The maximum atomic E-state index is 12.7. The standard InChI is InChI=1S/C20H17N3O5S2/c24-18(12-28-19(25)11-21-20(26)15-4-1-7-27-15)23-14(17-6-3-9-30-17)10-13(22-23)16-5-2-8-29-16/h1-9,14H,10-12H2,(H,21,26). The van der Waals surface area contributed by atoms with Gasteiger partial charge in [-0.1, -0.05) is 12.1 Å². The maximum absolute atomic E-state index is 12.7. The molecule has 154 valence electrons. The van der Waals surface area contributed by atoms with Gasteiger partial charge in [-0.05, 0) is 35.0 Å². The van der Waals surface area contributed by atoms with Crippen LogP contribution in [0.3, 0.4) is 0 Å². The molecule has 4 rings (SSSR count). The zero-order valence-corrected chi connectivity index (χ0v) is 17.3. The molecule has 0 spiro atoms. The lowest BCUT2D eigenvalue weighted by molar-refractivity contribution is -0.151. The zero-order chi connectivity index (χ0) is 20.9. The van der Waals surface area contributed by atoms with Crippen molar-refractivity contribution in [3.05, 3.63) is 68.9 Å². The molecule has 8 nitrogen and oxygen atoms in total. The van der Waals surface area contributed by atoms with E-state index < -0.39 is 24.4 Å². The molecule has 3 aromatic rings. The van der Waals surface area contributed by atoms with Crippen molar-refractivity contribution in [1.29, 1.82) is 0 Å². The lowest BCUT2D eigenvalue weighted by Crippen LogP contribution is -2.34. The third kappa shape index (κ3) is 4.50. The van der Waals surface area contributed by atoms with Crippen molar-refractivity contribution in [3.63, 3.8) is 0 Å². The number of nitrogens with one attached hydrogen (secondary N) is 1. The van der Waals surface area contributed by atoms with Gasteiger partial charge in [0.15, 0.2) is 12.4 Å². The highest BCUT2D eigenvalue weighted by molar-refractivity contribution is 7.12. The zero-order valence-electron chi connectivity index (χ0n) is 15.6. The van der Waals surface area contributed by atoms with Crippen LogP contribution in [0.2, 0.25) is 0 Å². The Morgan fingerprint density at radius 1 is 1.17 bits per heavy atom. The minimum absolute atomic E-state index is 0.0881. The number of rotatable bonds is 7. The summed E-state index contributed by atoms with van der Waals surface area (Å²) in [6.45, 7) is -0.830. The Hall–Kier alpha value is -3.24. The average Bonchev–Trinajstić information content (AvgIpc) is 3.56. The van der Waals surface area contributed by atoms with Gasteiger partial charge in [0, 0.05) is 11.3 Å². The molecule has 4 heterocycles. The molecule has 10 heteroatoms. The molecule has 1 aliphatic heterocycles. The van der Waals surface area contributed by atoms with Crippen LogP contribution in [0.25, 0.3) is 0 Å². The van der Waals surface area contributed by atoms with E-state index in [0.29, 0.717) is 6.42 Å². The first-order valence-electron chi connectivity index (χ1n) is 9.06. The van der Waals surface area contributed by atoms with E-state index >= 15 is 0 Å². The lowest BCUT2D eigenvalue weighted by Gasteiger charge is -2.20. The van der Waals surface area contributed by atoms with Gasteiger partial charge >= 0.3 is 5.97 Å². The highest BCUT2D eigenvalue weighted by Crippen LogP contribution is 2.35. The van der Waals surface area contributed by atoms with Gasteiger partial charge in [0.1, 0.15) is 6.54 Å². The number of hydrogen-bond donors (Lipinski definition) is 1. The molecule has 0 fully saturated rings. The Morgan fingerprint density at radius 2 is 2.00 bits per heavy atom. The third-order valence-corrected chi connectivity index (χ3v) is 6.23. The minimum atomic E-state index is -0.724. The monoisotopic (exact) mass is 443 g/mol. The summed E-state index contributed by atoms with van der Waals surface area (Å²) in [5, 5.41) is 12.2. The van der Waals surface area contributed by atoms with Gasteiger partial charge in [-0.25, -0.2) is 5.01 Å². The summed E-state index contributed by atoms with van der Waals surface area (Å²) in [5.74, 6) is -1.60. The van der Waals surface area contributed by atoms with Crippen LogP contribution in [-0.2, 0) is 14.3 Å². The number of nitrogens with zero attached hydrogens (tertiary/aromatic N) is 2. The highest BCUT2D eigenvalue weighted by Gasteiger charge is 2.34. The van der Waals surface area contributed by atoms with E-state index in [9.17, 15) is 14.4 Å². The fourth-order valence-electron chi connectivity index (χ4n) is 2.94. The number of thiophene rings is 2. The van der Waals surface area contributed by atoms with Crippen molar-refractivity contribution in [2.45, 2.75) is 12.5 Å². The number of carbonyl (C=O) groups is 3. The number of esters is 1. The normalized spacial score (nSPS) is 15.7. The minimum Gasteiger partial charge on any atom is -0.459 e. The molecular formula is C20H17N3O5S2. The van der Waals surface area contributed by atoms with E-state index in [4.69, 9.17) is 9.15 Å². The molecular weight excluding hydrogens is 426 g/mol. The van der Waals surface area contributed by atoms with Crippen molar-refractivity contribution in [1.82, 2.24) is 10.3 Å². The van der Waals surface area contributed by atoms with Gasteiger partial charge in [-0.3, -0.25) is 14.4 Å². The molecule has 3 aromatic heterocycles. The van der Waals surface area contributed by atoms with E-state index in [1.165, 1.54) is 17.3 Å². The van der Waals surface area contributed by atoms with Crippen LogP contribution in [0.4, 0.5) is 0 Å². The Kier molecular flexibility index (Phi) is 6.05. The summed E-state index contributed by atoms with van der Waals surface area (Å²) in [6.07, 6.45) is 1.96. The summed E-state index contributed by atoms with van der Waals surface area (Å²) in [7, 11) is 0. The summed E-state index contributed by atoms with van der Waals surface area (Å²) < 4.78 is 9.98.